The number of hydrogen-bond acceptors (Lipinski definition) is 3. The number of amides is 2. The fourth-order valence-electron chi connectivity index (χ4n) is 1.71. The van der Waals surface area contributed by atoms with Gasteiger partial charge in [0.15, 0.2) is 6.04 Å². The number of aliphatic carboxylic acids is 1. The predicted octanol–water partition coefficient (Wildman–Crippen LogP) is 1.86. The minimum Gasteiger partial charge on any atom is -0.480 e. The van der Waals surface area contributed by atoms with Crippen LogP contribution in [0.4, 0.5) is 10.5 Å². The fourth-order valence-corrected chi connectivity index (χ4v) is 1.71. The maximum absolute atomic E-state index is 11.7. The second kappa shape index (κ2) is 8.16. The molecule has 6 nitrogen and oxygen atoms in total. The molecular weight excluding hydrogens is 260 g/mol. The van der Waals surface area contributed by atoms with Crippen molar-refractivity contribution < 1.29 is 19.4 Å². The first-order valence-corrected chi connectivity index (χ1v) is 6.45. The van der Waals surface area contributed by atoms with E-state index < -0.39 is 18.0 Å². The minimum absolute atomic E-state index is 0.0851. The van der Waals surface area contributed by atoms with Crippen molar-refractivity contribution in [1.82, 2.24) is 5.32 Å². The van der Waals surface area contributed by atoms with Crippen LogP contribution in [-0.4, -0.2) is 36.9 Å². The molecule has 0 spiro atoms. The number of benzene rings is 1. The largest absolute Gasteiger partial charge is 0.480 e. The Kier molecular flexibility index (Phi) is 6.52. The molecule has 3 N–H and O–H groups in total. The van der Waals surface area contributed by atoms with Gasteiger partial charge in [-0.1, -0.05) is 25.5 Å². The van der Waals surface area contributed by atoms with E-state index in [-0.39, 0.29) is 6.61 Å². The molecule has 0 aliphatic carbocycles. The number of ether oxygens (including phenoxy) is 1. The van der Waals surface area contributed by atoms with Crippen LogP contribution in [-0.2, 0) is 16.0 Å². The molecule has 0 aliphatic rings. The van der Waals surface area contributed by atoms with Crippen molar-refractivity contribution >= 4 is 17.7 Å². The van der Waals surface area contributed by atoms with Gasteiger partial charge in [0.05, 0.1) is 6.61 Å². The standard InChI is InChI=1S/C14H20N2O4/c1-3-4-10-5-7-11(8-6-10)15-14(19)16-12(9-20-2)13(17)18/h5-8,12H,3-4,9H2,1-2H3,(H,17,18)(H2,15,16,19). The molecule has 0 bridgehead atoms. The van der Waals surface area contributed by atoms with Crippen LogP contribution >= 0.6 is 0 Å². The highest BCUT2D eigenvalue weighted by molar-refractivity contribution is 5.92. The summed E-state index contributed by atoms with van der Waals surface area (Å²) in [7, 11) is 1.38. The highest BCUT2D eigenvalue weighted by Gasteiger charge is 2.19. The third-order valence-corrected chi connectivity index (χ3v) is 2.69. The Labute approximate surface area is 118 Å². The number of nitrogens with one attached hydrogen (secondary N) is 2. The van der Waals surface area contributed by atoms with Gasteiger partial charge in [-0.15, -0.1) is 0 Å². The number of aryl methyl sites for hydroxylation is 1. The predicted molar refractivity (Wildman–Crippen MR) is 75.9 cm³/mol. The van der Waals surface area contributed by atoms with E-state index in [1.54, 1.807) is 12.1 Å². The summed E-state index contributed by atoms with van der Waals surface area (Å²) in [4.78, 5) is 22.5. The van der Waals surface area contributed by atoms with Gasteiger partial charge in [0.2, 0.25) is 0 Å². The van der Waals surface area contributed by atoms with Gasteiger partial charge >= 0.3 is 12.0 Å². The number of anilines is 1. The molecule has 0 aliphatic heterocycles. The van der Waals surface area contributed by atoms with Crippen molar-refractivity contribution in [3.8, 4) is 0 Å². The molecule has 0 aromatic heterocycles. The Morgan fingerprint density at radius 1 is 1.30 bits per heavy atom. The molecule has 0 heterocycles. The van der Waals surface area contributed by atoms with Gasteiger partial charge < -0.3 is 20.5 Å². The molecule has 1 aromatic rings. The number of hydrogen-bond donors (Lipinski definition) is 3. The molecule has 1 unspecified atom stereocenters. The Hall–Kier alpha value is -2.08. The van der Waals surface area contributed by atoms with Crippen molar-refractivity contribution in [3.63, 3.8) is 0 Å². The molecule has 0 fully saturated rings. The summed E-state index contributed by atoms with van der Waals surface area (Å²) in [6, 6.07) is 5.80. The van der Waals surface area contributed by atoms with Gasteiger partial charge in [-0.25, -0.2) is 9.59 Å². The summed E-state index contributed by atoms with van der Waals surface area (Å²) in [5, 5.41) is 13.8. The van der Waals surface area contributed by atoms with E-state index in [1.807, 2.05) is 12.1 Å². The van der Waals surface area contributed by atoms with Crippen LogP contribution in [0.5, 0.6) is 0 Å². The third kappa shape index (κ3) is 5.27. The van der Waals surface area contributed by atoms with Crippen molar-refractivity contribution in [2.75, 3.05) is 19.0 Å². The van der Waals surface area contributed by atoms with Gasteiger partial charge in [0.1, 0.15) is 0 Å². The lowest BCUT2D eigenvalue weighted by atomic mass is 10.1. The van der Waals surface area contributed by atoms with E-state index in [9.17, 15) is 9.59 Å². The maximum Gasteiger partial charge on any atom is 0.328 e. The Morgan fingerprint density at radius 2 is 1.95 bits per heavy atom. The van der Waals surface area contributed by atoms with Crippen LogP contribution in [0.1, 0.15) is 18.9 Å². The molecular formula is C14H20N2O4. The van der Waals surface area contributed by atoms with Crippen molar-refractivity contribution in [2.24, 2.45) is 0 Å². The van der Waals surface area contributed by atoms with Crippen LogP contribution in [0, 0.1) is 0 Å². The number of carboxylic acids is 1. The molecule has 110 valence electrons. The van der Waals surface area contributed by atoms with Gasteiger partial charge in [-0.3, -0.25) is 0 Å². The van der Waals surface area contributed by atoms with E-state index in [2.05, 4.69) is 17.6 Å². The molecule has 0 saturated heterocycles. The van der Waals surface area contributed by atoms with E-state index in [4.69, 9.17) is 9.84 Å². The molecule has 6 heteroatoms. The number of methoxy groups -OCH3 is 1. The Bertz CT molecular complexity index is 445. The van der Waals surface area contributed by atoms with Crippen LogP contribution in [0.2, 0.25) is 0 Å². The monoisotopic (exact) mass is 280 g/mol. The van der Waals surface area contributed by atoms with Gasteiger partial charge in [-0.05, 0) is 24.1 Å². The fraction of sp³-hybridized carbons (Fsp3) is 0.429. The molecule has 0 radical (unpaired) electrons. The van der Waals surface area contributed by atoms with Crippen LogP contribution in [0.3, 0.4) is 0 Å². The summed E-state index contributed by atoms with van der Waals surface area (Å²) in [5.74, 6) is -1.14. The zero-order valence-corrected chi connectivity index (χ0v) is 11.7. The summed E-state index contributed by atoms with van der Waals surface area (Å²) in [5.41, 5.74) is 1.81. The normalized spacial score (nSPS) is 11.7. The minimum atomic E-state index is -1.14. The number of rotatable bonds is 7. The summed E-state index contributed by atoms with van der Waals surface area (Å²) in [6.07, 6.45) is 2.05. The number of carbonyl (C=O) groups is 2. The lowest BCUT2D eigenvalue weighted by Gasteiger charge is -2.14. The highest BCUT2D eigenvalue weighted by Crippen LogP contribution is 2.10. The summed E-state index contributed by atoms with van der Waals surface area (Å²) >= 11 is 0. The van der Waals surface area contributed by atoms with E-state index >= 15 is 0 Å². The topological polar surface area (TPSA) is 87.7 Å². The van der Waals surface area contributed by atoms with Gasteiger partial charge in [-0.2, -0.15) is 0 Å². The SMILES string of the molecule is CCCc1ccc(NC(=O)NC(COC)C(=O)O)cc1. The zero-order valence-electron chi connectivity index (χ0n) is 11.7. The Morgan fingerprint density at radius 3 is 2.45 bits per heavy atom. The highest BCUT2D eigenvalue weighted by atomic mass is 16.5. The van der Waals surface area contributed by atoms with Crippen molar-refractivity contribution in [3.05, 3.63) is 29.8 Å². The van der Waals surface area contributed by atoms with Crippen molar-refractivity contribution in [2.45, 2.75) is 25.8 Å². The number of carbonyl (C=O) groups excluding carboxylic acids is 1. The quantitative estimate of drug-likeness (QED) is 0.711. The second-order valence-corrected chi connectivity index (χ2v) is 4.39. The molecule has 0 saturated carbocycles. The molecule has 1 rings (SSSR count). The molecule has 1 atom stereocenters. The summed E-state index contributed by atoms with van der Waals surface area (Å²) in [6.45, 7) is 2.01. The first-order valence-electron chi connectivity index (χ1n) is 6.45. The number of urea groups is 1. The van der Waals surface area contributed by atoms with Crippen molar-refractivity contribution in [1.29, 1.82) is 0 Å². The average molecular weight is 280 g/mol. The average Bonchev–Trinajstić information content (AvgIpc) is 2.40. The summed E-state index contributed by atoms with van der Waals surface area (Å²) < 4.78 is 4.74. The van der Waals surface area contributed by atoms with Crippen LogP contribution < -0.4 is 10.6 Å². The first-order chi connectivity index (χ1) is 9.56. The zero-order chi connectivity index (χ0) is 15.0. The van der Waals surface area contributed by atoms with Crippen LogP contribution in [0.15, 0.2) is 24.3 Å². The lowest BCUT2D eigenvalue weighted by molar-refractivity contribution is -0.140. The molecule has 2 amide bonds. The second-order valence-electron chi connectivity index (χ2n) is 4.39. The first kappa shape index (κ1) is 16.0. The van der Waals surface area contributed by atoms with E-state index in [0.29, 0.717) is 5.69 Å². The van der Waals surface area contributed by atoms with Gasteiger partial charge in [0, 0.05) is 12.8 Å². The molecule has 20 heavy (non-hydrogen) atoms. The van der Waals surface area contributed by atoms with E-state index in [1.165, 1.54) is 12.7 Å². The smallest absolute Gasteiger partial charge is 0.328 e. The molecule has 1 aromatic carbocycles. The third-order valence-electron chi connectivity index (χ3n) is 2.69. The lowest BCUT2D eigenvalue weighted by Crippen LogP contribution is -2.45. The van der Waals surface area contributed by atoms with Gasteiger partial charge in [0.25, 0.3) is 0 Å². The number of carboxylic acid groups (broad SMARTS) is 1. The Balaban J connectivity index is 2.54. The van der Waals surface area contributed by atoms with E-state index in [0.717, 1.165) is 12.8 Å². The van der Waals surface area contributed by atoms with Crippen LogP contribution in [0.25, 0.3) is 0 Å². The maximum atomic E-state index is 11.7.